The van der Waals surface area contributed by atoms with Crippen molar-refractivity contribution in [3.63, 3.8) is 0 Å². The van der Waals surface area contributed by atoms with E-state index < -0.39 is 6.36 Å². The van der Waals surface area contributed by atoms with Gasteiger partial charge in [0.15, 0.2) is 5.76 Å². The molecule has 0 radical (unpaired) electrons. The van der Waals surface area contributed by atoms with Crippen LogP contribution in [0.25, 0.3) is 11.6 Å². The molecule has 0 atom stereocenters. The van der Waals surface area contributed by atoms with Crippen molar-refractivity contribution in [1.29, 1.82) is 0 Å². The summed E-state index contributed by atoms with van der Waals surface area (Å²) in [6.07, 6.45) is -3.25. The predicted octanol–water partition coefficient (Wildman–Crippen LogP) is 3.84. The maximum absolute atomic E-state index is 12.2. The largest absolute Gasteiger partial charge is 0.573 e. The van der Waals surface area contributed by atoms with E-state index in [1.165, 1.54) is 24.5 Å². The third-order valence-electron chi connectivity index (χ3n) is 2.72. The lowest BCUT2D eigenvalue weighted by Crippen LogP contribution is -2.17. The van der Waals surface area contributed by atoms with Gasteiger partial charge in [-0.1, -0.05) is 11.2 Å². The molecular weight excluding hydrogens is 315 g/mol. The zero-order valence-corrected chi connectivity index (χ0v) is 11.5. The van der Waals surface area contributed by atoms with Crippen LogP contribution in [0.15, 0.2) is 51.6 Å². The maximum Gasteiger partial charge on any atom is 0.573 e. The molecule has 23 heavy (non-hydrogen) atoms. The second-order valence-corrected chi connectivity index (χ2v) is 4.42. The van der Waals surface area contributed by atoms with Crippen LogP contribution in [-0.4, -0.2) is 16.5 Å². The Morgan fingerprint density at radius 2 is 2.04 bits per heavy atom. The summed E-state index contributed by atoms with van der Waals surface area (Å²) in [7, 11) is 0. The molecule has 0 spiro atoms. The number of alkyl halides is 3. The highest BCUT2D eigenvalue weighted by atomic mass is 19.4. The zero-order chi connectivity index (χ0) is 16.3. The van der Waals surface area contributed by atoms with Gasteiger partial charge in [0.25, 0.3) is 0 Å². The maximum atomic E-state index is 12.2. The number of halogens is 3. The fraction of sp³-hybridized carbons (Fsp3) is 0.143. The summed E-state index contributed by atoms with van der Waals surface area (Å²) >= 11 is 0. The molecule has 0 bridgehead atoms. The summed E-state index contributed by atoms with van der Waals surface area (Å²) in [6, 6.07) is 8.83. The van der Waals surface area contributed by atoms with Crippen LogP contribution >= 0.6 is 0 Å². The van der Waals surface area contributed by atoms with Crippen molar-refractivity contribution in [1.82, 2.24) is 10.1 Å². The lowest BCUT2D eigenvalue weighted by Gasteiger charge is -2.10. The van der Waals surface area contributed by atoms with Gasteiger partial charge in [0.1, 0.15) is 5.75 Å². The van der Waals surface area contributed by atoms with E-state index in [2.05, 4.69) is 20.2 Å². The second kappa shape index (κ2) is 6.03. The Morgan fingerprint density at radius 1 is 1.17 bits per heavy atom. The molecule has 3 aromatic rings. The van der Waals surface area contributed by atoms with E-state index in [4.69, 9.17) is 8.94 Å². The standard InChI is InChI=1S/C14H10F3N3O3/c15-14(16,17)22-10-4-1-3-9(7-10)18-8-12-19-13(20-23-12)11-5-2-6-21-11/h1-7,18H,8H2. The molecule has 6 nitrogen and oxygen atoms in total. The van der Waals surface area contributed by atoms with E-state index >= 15 is 0 Å². The summed E-state index contributed by atoms with van der Waals surface area (Å²) in [6.45, 7) is 0.142. The van der Waals surface area contributed by atoms with Crippen LogP contribution in [0, 0.1) is 0 Å². The topological polar surface area (TPSA) is 73.3 Å². The normalized spacial score (nSPS) is 11.4. The van der Waals surface area contributed by atoms with Gasteiger partial charge in [-0.2, -0.15) is 4.98 Å². The summed E-state index contributed by atoms with van der Waals surface area (Å²) in [5.74, 6) is 0.698. The first-order valence-electron chi connectivity index (χ1n) is 6.46. The third kappa shape index (κ3) is 4.02. The Hall–Kier alpha value is -2.97. The highest BCUT2D eigenvalue weighted by Crippen LogP contribution is 2.25. The third-order valence-corrected chi connectivity index (χ3v) is 2.72. The SMILES string of the molecule is FC(F)(F)Oc1cccc(NCc2nc(-c3ccco3)no2)c1. The molecule has 1 N–H and O–H groups in total. The Kier molecular flexibility index (Phi) is 3.92. The molecule has 0 aliphatic heterocycles. The zero-order valence-electron chi connectivity index (χ0n) is 11.5. The van der Waals surface area contributed by atoms with Gasteiger partial charge in [-0.25, -0.2) is 0 Å². The van der Waals surface area contributed by atoms with Gasteiger partial charge in [0.2, 0.25) is 11.7 Å². The van der Waals surface area contributed by atoms with Gasteiger partial charge in [-0.05, 0) is 24.3 Å². The smallest absolute Gasteiger partial charge is 0.461 e. The molecule has 0 saturated heterocycles. The quantitative estimate of drug-likeness (QED) is 0.768. The van der Waals surface area contributed by atoms with E-state index in [0.29, 0.717) is 17.3 Å². The minimum absolute atomic E-state index is 0.142. The van der Waals surface area contributed by atoms with Gasteiger partial charge in [0, 0.05) is 11.8 Å². The number of rotatable bonds is 5. The van der Waals surface area contributed by atoms with E-state index in [-0.39, 0.29) is 18.2 Å². The first-order valence-corrected chi connectivity index (χ1v) is 6.46. The van der Waals surface area contributed by atoms with E-state index in [1.54, 1.807) is 18.2 Å². The summed E-state index contributed by atoms with van der Waals surface area (Å²) < 4.78 is 50.5. The Bertz CT molecular complexity index is 769. The van der Waals surface area contributed by atoms with Gasteiger partial charge in [-0.3, -0.25) is 0 Å². The second-order valence-electron chi connectivity index (χ2n) is 4.42. The van der Waals surface area contributed by atoms with Crippen molar-refractivity contribution in [3.05, 3.63) is 48.6 Å². The number of hydrogen-bond donors (Lipinski definition) is 1. The monoisotopic (exact) mass is 325 g/mol. The predicted molar refractivity (Wildman–Crippen MR) is 72.5 cm³/mol. The number of ether oxygens (including phenoxy) is 1. The molecule has 0 aliphatic carbocycles. The van der Waals surface area contributed by atoms with Crippen LogP contribution in [0.4, 0.5) is 18.9 Å². The highest BCUT2D eigenvalue weighted by Gasteiger charge is 2.31. The van der Waals surface area contributed by atoms with Crippen LogP contribution in [0.3, 0.4) is 0 Å². The fourth-order valence-electron chi connectivity index (χ4n) is 1.81. The van der Waals surface area contributed by atoms with E-state index in [1.807, 2.05) is 0 Å². The molecule has 3 rings (SSSR count). The molecule has 0 aliphatic rings. The Morgan fingerprint density at radius 3 is 2.78 bits per heavy atom. The molecule has 0 fully saturated rings. The fourth-order valence-corrected chi connectivity index (χ4v) is 1.81. The van der Waals surface area contributed by atoms with Gasteiger partial charge >= 0.3 is 6.36 Å². The van der Waals surface area contributed by atoms with Crippen molar-refractivity contribution in [3.8, 4) is 17.3 Å². The van der Waals surface area contributed by atoms with E-state index in [9.17, 15) is 13.2 Å². The number of aromatic nitrogens is 2. The van der Waals surface area contributed by atoms with Gasteiger partial charge in [0.05, 0.1) is 12.8 Å². The summed E-state index contributed by atoms with van der Waals surface area (Å²) in [4.78, 5) is 4.10. The van der Waals surface area contributed by atoms with Crippen molar-refractivity contribution < 1.29 is 26.8 Å². The number of nitrogens with zero attached hydrogens (tertiary/aromatic N) is 2. The summed E-state index contributed by atoms with van der Waals surface area (Å²) in [5, 5.41) is 6.62. The molecule has 0 amide bonds. The Labute approximate surface area is 127 Å². The highest BCUT2D eigenvalue weighted by molar-refractivity contribution is 5.48. The average molecular weight is 325 g/mol. The first kappa shape index (κ1) is 14.9. The Balaban J connectivity index is 1.63. The van der Waals surface area contributed by atoms with Crippen LogP contribution in [0.5, 0.6) is 5.75 Å². The minimum Gasteiger partial charge on any atom is -0.461 e. The molecule has 120 valence electrons. The van der Waals surface area contributed by atoms with Crippen molar-refractivity contribution in [2.75, 3.05) is 5.32 Å². The minimum atomic E-state index is -4.73. The molecule has 2 aromatic heterocycles. The number of nitrogens with one attached hydrogen (secondary N) is 1. The summed E-state index contributed by atoms with van der Waals surface area (Å²) in [5.41, 5.74) is 0.421. The lowest BCUT2D eigenvalue weighted by molar-refractivity contribution is -0.274. The molecule has 9 heteroatoms. The van der Waals surface area contributed by atoms with Crippen LogP contribution in [0.2, 0.25) is 0 Å². The van der Waals surface area contributed by atoms with Crippen molar-refractivity contribution in [2.45, 2.75) is 12.9 Å². The molecular formula is C14H10F3N3O3. The first-order chi connectivity index (χ1) is 11.0. The molecule has 0 saturated carbocycles. The lowest BCUT2D eigenvalue weighted by atomic mass is 10.3. The molecule has 2 heterocycles. The van der Waals surface area contributed by atoms with Gasteiger partial charge in [-0.15, -0.1) is 13.2 Å². The molecule has 1 aromatic carbocycles. The van der Waals surface area contributed by atoms with Crippen LogP contribution in [-0.2, 0) is 6.54 Å². The average Bonchev–Trinajstić information content (AvgIpc) is 3.15. The number of hydrogen-bond acceptors (Lipinski definition) is 6. The van der Waals surface area contributed by atoms with Crippen molar-refractivity contribution in [2.24, 2.45) is 0 Å². The van der Waals surface area contributed by atoms with E-state index in [0.717, 1.165) is 0 Å². The number of benzene rings is 1. The van der Waals surface area contributed by atoms with Crippen molar-refractivity contribution >= 4 is 5.69 Å². The van der Waals surface area contributed by atoms with Crippen LogP contribution < -0.4 is 10.1 Å². The van der Waals surface area contributed by atoms with Gasteiger partial charge < -0.3 is 19.0 Å². The molecule has 0 unspecified atom stereocenters. The number of anilines is 1. The number of furan rings is 1. The van der Waals surface area contributed by atoms with Crippen LogP contribution in [0.1, 0.15) is 5.89 Å².